The molecule has 0 saturated heterocycles. The Morgan fingerprint density at radius 1 is 1.02 bits per heavy atom. The van der Waals surface area contributed by atoms with Gasteiger partial charge in [-0.2, -0.15) is 17.5 Å². The maximum atomic E-state index is 14.4. The molecule has 3 aliphatic carbocycles. The molecule has 6 rings (SSSR count). The Labute approximate surface area is 251 Å². The highest BCUT2D eigenvalue weighted by Gasteiger charge is 2.58. The van der Waals surface area contributed by atoms with E-state index in [1.807, 2.05) is 49.4 Å². The lowest BCUT2D eigenvalue weighted by molar-refractivity contribution is -0.199. The van der Waals surface area contributed by atoms with Gasteiger partial charge in [0.25, 0.3) is 0 Å². The summed E-state index contributed by atoms with van der Waals surface area (Å²) in [4.78, 5) is 13.0. The van der Waals surface area contributed by atoms with Gasteiger partial charge in [-0.25, -0.2) is 8.42 Å². The number of rotatable bonds is 8. The molecule has 0 aliphatic heterocycles. The summed E-state index contributed by atoms with van der Waals surface area (Å²) < 4.78 is 83.2. The SMILES string of the molecule is CCO[C@]12CC[C@H](C[C@H]1C(=O)OC(C)(C)C)C(N(Cc1cccc3ccccc13)S(=O)(=O)c1cccc(C(F)(F)F)c1)C2. The van der Waals surface area contributed by atoms with E-state index in [0.29, 0.717) is 31.9 Å². The van der Waals surface area contributed by atoms with Gasteiger partial charge >= 0.3 is 12.1 Å². The summed E-state index contributed by atoms with van der Waals surface area (Å²) in [5, 5.41) is 1.79. The maximum Gasteiger partial charge on any atom is 0.416 e. The number of carbonyl (C=O) groups excluding carboxylic acids is 1. The zero-order valence-electron chi connectivity index (χ0n) is 24.9. The van der Waals surface area contributed by atoms with Crippen LogP contribution in [-0.2, 0) is 37.0 Å². The van der Waals surface area contributed by atoms with Gasteiger partial charge in [0.15, 0.2) is 0 Å². The standard InChI is InChI=1S/C33H38F3NO5S/c1-5-41-32-17-16-23(18-28(32)30(38)42-31(2,3)4)29(20-32)37(21-24-12-8-11-22-10-6-7-15-27(22)24)43(39,40)26-14-9-13-25(19-26)33(34,35)36/h6-15,19,23,28-29H,5,16-18,20-21H2,1-4H3/t23-,28+,29?,32+/m1/s1. The fraction of sp³-hybridized carbons (Fsp3) is 0.485. The molecule has 0 spiro atoms. The highest BCUT2D eigenvalue weighted by Crippen LogP contribution is 2.53. The van der Waals surface area contributed by atoms with Crippen molar-refractivity contribution in [2.24, 2.45) is 11.8 Å². The highest BCUT2D eigenvalue weighted by atomic mass is 32.2. The summed E-state index contributed by atoms with van der Waals surface area (Å²) >= 11 is 0. The second-order valence-corrected chi connectivity index (χ2v) is 14.5. The molecule has 0 aromatic heterocycles. The summed E-state index contributed by atoms with van der Waals surface area (Å²) in [5.74, 6) is -1.15. The van der Waals surface area contributed by atoms with Crippen LogP contribution < -0.4 is 0 Å². The monoisotopic (exact) mass is 617 g/mol. The number of halogens is 3. The third kappa shape index (κ3) is 6.33. The van der Waals surface area contributed by atoms with E-state index in [4.69, 9.17) is 9.47 Å². The normalized spacial score (nSPS) is 24.4. The number of fused-ring (bicyclic) bond motifs is 4. The van der Waals surface area contributed by atoms with Gasteiger partial charge in [0.1, 0.15) is 5.60 Å². The fourth-order valence-electron chi connectivity index (χ4n) is 6.84. The average molecular weight is 618 g/mol. The van der Waals surface area contributed by atoms with Gasteiger partial charge in [-0.05, 0) is 93.8 Å². The Hall–Kier alpha value is -2.95. The molecule has 10 heteroatoms. The topological polar surface area (TPSA) is 72.9 Å². The second-order valence-electron chi connectivity index (χ2n) is 12.6. The number of sulfonamides is 1. The van der Waals surface area contributed by atoms with E-state index in [-0.39, 0.29) is 24.9 Å². The molecule has 0 heterocycles. The smallest absolute Gasteiger partial charge is 0.416 e. The van der Waals surface area contributed by atoms with Gasteiger partial charge in [0.2, 0.25) is 10.0 Å². The van der Waals surface area contributed by atoms with Gasteiger partial charge in [0, 0.05) is 19.2 Å². The minimum absolute atomic E-state index is 0.0413. The minimum atomic E-state index is -4.70. The van der Waals surface area contributed by atoms with E-state index in [1.165, 1.54) is 10.4 Å². The molecule has 0 radical (unpaired) electrons. The molecule has 4 atom stereocenters. The molecule has 6 nitrogen and oxygen atoms in total. The fourth-order valence-corrected chi connectivity index (χ4v) is 8.55. The third-order valence-electron chi connectivity index (χ3n) is 8.68. The molecule has 3 saturated carbocycles. The zero-order chi connectivity index (χ0) is 31.2. The molecule has 1 unspecified atom stereocenters. The molecule has 3 aromatic carbocycles. The van der Waals surface area contributed by atoms with E-state index < -0.39 is 49.8 Å². The van der Waals surface area contributed by atoms with Crippen LogP contribution in [0.5, 0.6) is 0 Å². The Balaban J connectivity index is 1.60. The molecular weight excluding hydrogens is 579 g/mol. The van der Waals surface area contributed by atoms with Crippen molar-refractivity contribution < 1.29 is 35.9 Å². The second kappa shape index (κ2) is 11.5. The van der Waals surface area contributed by atoms with Crippen molar-refractivity contribution in [1.29, 1.82) is 0 Å². The molecule has 0 amide bonds. The summed E-state index contributed by atoms with van der Waals surface area (Å²) in [6.07, 6.45) is -2.91. The minimum Gasteiger partial charge on any atom is -0.460 e. The molecule has 232 valence electrons. The van der Waals surface area contributed by atoms with Crippen LogP contribution in [0.1, 0.15) is 64.5 Å². The number of carbonyl (C=O) groups is 1. The van der Waals surface area contributed by atoms with E-state index in [2.05, 4.69) is 0 Å². The highest BCUT2D eigenvalue weighted by molar-refractivity contribution is 7.89. The van der Waals surface area contributed by atoms with Crippen LogP contribution in [0, 0.1) is 11.8 Å². The molecule has 0 N–H and O–H groups in total. The molecule has 43 heavy (non-hydrogen) atoms. The predicted molar refractivity (Wildman–Crippen MR) is 158 cm³/mol. The summed E-state index contributed by atoms with van der Waals surface area (Å²) in [7, 11) is -4.42. The van der Waals surface area contributed by atoms with Crippen molar-refractivity contribution >= 4 is 26.8 Å². The number of hydrogen-bond acceptors (Lipinski definition) is 5. The molecule has 3 fully saturated rings. The van der Waals surface area contributed by atoms with Gasteiger partial charge in [-0.15, -0.1) is 0 Å². The van der Waals surface area contributed by atoms with Gasteiger partial charge < -0.3 is 9.47 Å². The Bertz CT molecular complexity index is 1590. The van der Waals surface area contributed by atoms with Crippen molar-refractivity contribution in [3.63, 3.8) is 0 Å². The van der Waals surface area contributed by atoms with E-state index in [0.717, 1.165) is 28.5 Å². The first kappa shape index (κ1) is 31.5. The number of esters is 1. The van der Waals surface area contributed by atoms with Crippen LogP contribution in [0.2, 0.25) is 0 Å². The number of nitrogens with zero attached hydrogens (tertiary/aromatic N) is 1. The average Bonchev–Trinajstić information content (AvgIpc) is 2.94. The Morgan fingerprint density at radius 3 is 2.42 bits per heavy atom. The van der Waals surface area contributed by atoms with Crippen molar-refractivity contribution in [3.05, 3.63) is 77.9 Å². The molecule has 3 aromatic rings. The molecule has 3 aliphatic rings. The number of hydrogen-bond donors (Lipinski definition) is 0. The lowest BCUT2D eigenvalue weighted by atomic mass is 9.59. The van der Waals surface area contributed by atoms with Crippen LogP contribution >= 0.6 is 0 Å². The Kier molecular flexibility index (Phi) is 8.43. The van der Waals surface area contributed by atoms with Crippen LogP contribution in [-0.4, -0.2) is 42.5 Å². The number of alkyl halides is 3. The van der Waals surface area contributed by atoms with Gasteiger partial charge in [-0.1, -0.05) is 48.5 Å². The number of benzene rings is 3. The van der Waals surface area contributed by atoms with Crippen molar-refractivity contribution in [1.82, 2.24) is 4.31 Å². The third-order valence-corrected chi connectivity index (χ3v) is 10.5. The first-order chi connectivity index (χ1) is 20.1. The van der Waals surface area contributed by atoms with E-state index in [9.17, 15) is 26.4 Å². The van der Waals surface area contributed by atoms with Gasteiger partial charge in [0.05, 0.1) is 22.0 Å². The van der Waals surface area contributed by atoms with Crippen LogP contribution in [0.25, 0.3) is 10.8 Å². The van der Waals surface area contributed by atoms with Crippen LogP contribution in [0.4, 0.5) is 13.2 Å². The van der Waals surface area contributed by atoms with Crippen molar-refractivity contribution in [2.75, 3.05) is 6.61 Å². The lowest BCUT2D eigenvalue weighted by Gasteiger charge is -2.56. The van der Waals surface area contributed by atoms with Crippen molar-refractivity contribution in [3.8, 4) is 0 Å². The number of ether oxygens (including phenoxy) is 2. The van der Waals surface area contributed by atoms with Crippen molar-refractivity contribution in [2.45, 2.75) is 88.2 Å². The summed E-state index contributed by atoms with van der Waals surface area (Å²) in [6, 6.07) is 16.5. The molecule has 2 bridgehead atoms. The largest absolute Gasteiger partial charge is 0.460 e. The first-order valence-corrected chi connectivity index (χ1v) is 16.1. The van der Waals surface area contributed by atoms with Crippen LogP contribution in [0.15, 0.2) is 71.6 Å². The van der Waals surface area contributed by atoms with E-state index >= 15 is 0 Å². The Morgan fingerprint density at radius 2 is 1.72 bits per heavy atom. The summed E-state index contributed by atoms with van der Waals surface area (Å²) in [6.45, 7) is 7.52. The first-order valence-electron chi connectivity index (χ1n) is 14.7. The molecular formula is C33H38F3NO5S. The van der Waals surface area contributed by atoms with E-state index in [1.54, 1.807) is 20.8 Å². The quantitative estimate of drug-likeness (QED) is 0.247. The predicted octanol–water partition coefficient (Wildman–Crippen LogP) is 7.36. The summed E-state index contributed by atoms with van der Waals surface area (Å²) in [5.41, 5.74) is -1.94. The van der Waals surface area contributed by atoms with Crippen LogP contribution in [0.3, 0.4) is 0 Å². The van der Waals surface area contributed by atoms with Gasteiger partial charge in [-0.3, -0.25) is 4.79 Å². The lowest BCUT2D eigenvalue weighted by Crippen LogP contribution is -2.62. The zero-order valence-corrected chi connectivity index (χ0v) is 25.7. The maximum absolute atomic E-state index is 14.4.